The predicted octanol–water partition coefficient (Wildman–Crippen LogP) is 8.58. The maximum atomic E-state index is 13.4. The highest BCUT2D eigenvalue weighted by Gasteiger charge is 2.46. The molecule has 0 bridgehead atoms. The van der Waals surface area contributed by atoms with Gasteiger partial charge in [-0.15, -0.1) is 0 Å². The van der Waals surface area contributed by atoms with Gasteiger partial charge in [0.25, 0.3) is 0 Å². The highest BCUT2D eigenvalue weighted by Crippen LogP contribution is 2.38. The molecule has 4 aliphatic rings. The number of amides is 1. The number of anilines is 2. The van der Waals surface area contributed by atoms with E-state index in [1.807, 2.05) is 52.0 Å². The molecular formula is C57H71BN2O16. The zero-order chi connectivity index (χ0) is 55.5. The van der Waals surface area contributed by atoms with E-state index in [9.17, 15) is 24.3 Å². The Balaban J connectivity index is 0.000000248. The molecule has 0 saturated carbocycles. The van der Waals surface area contributed by atoms with Crippen LogP contribution in [0, 0.1) is 11.8 Å². The number of aliphatic hydroxyl groups is 1. The van der Waals surface area contributed by atoms with Gasteiger partial charge in [0.15, 0.2) is 31.0 Å². The first-order chi connectivity index (χ1) is 36.0. The van der Waals surface area contributed by atoms with E-state index in [0.717, 1.165) is 0 Å². The quantitative estimate of drug-likeness (QED) is 0.0512. The van der Waals surface area contributed by atoms with Crippen LogP contribution in [0.25, 0.3) is 12.2 Å². The second-order valence-electron chi connectivity index (χ2n) is 19.9. The number of esters is 3. The predicted molar refractivity (Wildman–Crippen MR) is 285 cm³/mol. The van der Waals surface area contributed by atoms with Crippen molar-refractivity contribution in [3.8, 4) is 11.5 Å². The number of nitrogens with two attached hydrogens (primary N) is 1. The Morgan fingerprint density at radius 1 is 0.711 bits per heavy atom. The number of rotatable bonds is 9. The van der Waals surface area contributed by atoms with Crippen LogP contribution >= 0.6 is 0 Å². The number of methoxy groups -OCH3 is 2. The molecular weight excluding hydrogens is 979 g/mol. The van der Waals surface area contributed by atoms with Gasteiger partial charge in [-0.3, -0.25) is 4.79 Å². The summed E-state index contributed by atoms with van der Waals surface area (Å²) in [6.07, 6.45) is 10.3. The number of carbonyl (C=O) groups excluding carboxylic acids is 4. The highest BCUT2D eigenvalue weighted by atomic mass is 16.8. The Kier molecular flexibility index (Phi) is 20.3. The number of hydrogen-bond acceptors (Lipinski definition) is 17. The fraction of sp³-hybridized carbons (Fsp3) is 0.474. The van der Waals surface area contributed by atoms with E-state index in [2.05, 4.69) is 0 Å². The number of nitrogen functional groups attached to an aromatic ring is 1. The topological polar surface area (TPSA) is 219 Å². The molecule has 1 amide bonds. The summed E-state index contributed by atoms with van der Waals surface area (Å²) in [6.45, 7) is 14.4. The molecule has 3 aromatic rings. The average Bonchev–Trinajstić information content (AvgIpc) is 3.86. The van der Waals surface area contributed by atoms with Crippen molar-refractivity contribution < 1.29 is 76.4 Å². The second-order valence-corrected chi connectivity index (χ2v) is 19.9. The first kappa shape index (κ1) is 58.9. The lowest BCUT2D eigenvalue weighted by atomic mass is 9.98. The number of nitrogens with zero attached hydrogens (tertiary/aromatic N) is 1. The summed E-state index contributed by atoms with van der Waals surface area (Å²) in [7, 11) is 9.94. The molecule has 4 aliphatic heterocycles. The number of cyclic esters (lactones) is 2. The summed E-state index contributed by atoms with van der Waals surface area (Å²) in [4.78, 5) is 52.9. The van der Waals surface area contributed by atoms with E-state index in [-0.39, 0.29) is 48.0 Å². The number of fused-ring (bicyclic) bond motifs is 4. The highest BCUT2D eigenvalue weighted by molar-refractivity contribution is 6.60. The molecule has 18 nitrogen and oxygen atoms in total. The van der Waals surface area contributed by atoms with Crippen molar-refractivity contribution in [3.05, 3.63) is 119 Å². The minimum atomic E-state index is -0.907. The fourth-order valence-electron chi connectivity index (χ4n) is 8.74. The van der Waals surface area contributed by atoms with Gasteiger partial charge in [0.1, 0.15) is 59.2 Å². The van der Waals surface area contributed by atoms with E-state index in [0.29, 0.717) is 40.9 Å². The average molecular weight is 1050 g/mol. The van der Waals surface area contributed by atoms with Crippen molar-refractivity contribution in [1.82, 2.24) is 0 Å². The second kappa shape index (κ2) is 26.2. The Hall–Kier alpha value is -6.32. The number of carbonyl (C=O) groups is 4. The number of aliphatic hydroxyl groups excluding tert-OH is 1. The molecule has 0 aliphatic carbocycles. The van der Waals surface area contributed by atoms with Gasteiger partial charge in [-0.1, -0.05) is 74.6 Å². The van der Waals surface area contributed by atoms with Gasteiger partial charge < -0.3 is 67.8 Å². The van der Waals surface area contributed by atoms with Crippen LogP contribution in [0.5, 0.6) is 11.5 Å². The van der Waals surface area contributed by atoms with Crippen molar-refractivity contribution in [2.24, 2.45) is 11.8 Å². The largest absolute Gasteiger partial charge is 0.467 e. The van der Waals surface area contributed by atoms with Gasteiger partial charge in [-0.05, 0) is 95.9 Å². The number of ether oxygens (including phenoxy) is 11. The van der Waals surface area contributed by atoms with Crippen LogP contribution in [0.4, 0.5) is 16.2 Å². The van der Waals surface area contributed by atoms with Crippen LogP contribution in [0.3, 0.4) is 0 Å². The lowest BCUT2D eigenvalue weighted by Crippen LogP contribution is -2.37. The van der Waals surface area contributed by atoms with E-state index >= 15 is 0 Å². The standard InChI is InChI=1S/C31H37NO8.C26H34BNO8/c1-19-14-15-24(38-29(33)21-10-7-6-8-11-21)28-25(39-31(3,4)40-28)13-9-12-22-16-23(32)17-26(36-18-35-5)27(22)30(34)37-20(19)2;1-15-10-11-19(29)23-20(35-26(3,4)36-23)9-7-8-17-12-18(28(5)25(27)31)13-21(33-14-32-6)22(17)24(30)34-16(15)2/h6-12,14-17,19-20,24-25,28H,13,18,32H2,1-5H3;7-8,10-13,15-16,19-20,23,29H,9,14H2,1-6H3/b12-9+,15-14-;8-7+,11-10-/t19-,20+,24?,25+,28?;15-,16+,19?,20+,23?/m11/s1. The lowest BCUT2D eigenvalue weighted by molar-refractivity contribution is -0.153. The molecule has 408 valence electrons. The molecule has 76 heavy (non-hydrogen) atoms. The molecule has 0 spiro atoms. The van der Waals surface area contributed by atoms with Crippen LogP contribution < -0.4 is 20.1 Å². The maximum Gasteiger partial charge on any atom is 0.342 e. The molecule has 3 N–H and O–H groups in total. The molecule has 2 saturated heterocycles. The third kappa shape index (κ3) is 15.4. The monoisotopic (exact) mass is 1050 g/mol. The normalized spacial score (nSPS) is 28.7. The van der Waals surface area contributed by atoms with Gasteiger partial charge in [0.2, 0.25) is 7.85 Å². The van der Waals surface area contributed by atoms with Gasteiger partial charge in [-0.2, -0.15) is 0 Å². The third-order valence-electron chi connectivity index (χ3n) is 13.0. The first-order valence-corrected chi connectivity index (χ1v) is 25.2. The molecule has 10 atom stereocenters. The summed E-state index contributed by atoms with van der Waals surface area (Å²) in [5, 5.41) is 10.8. The zero-order valence-electron chi connectivity index (χ0n) is 45.1. The minimum absolute atomic E-state index is 0.0608. The first-order valence-electron chi connectivity index (χ1n) is 25.2. The number of benzene rings is 3. The zero-order valence-corrected chi connectivity index (χ0v) is 45.1. The van der Waals surface area contributed by atoms with Crippen molar-refractivity contribution in [1.29, 1.82) is 0 Å². The molecule has 4 unspecified atom stereocenters. The summed E-state index contributed by atoms with van der Waals surface area (Å²) in [5.74, 6) is -4.04. The number of hydrogen-bond donors (Lipinski definition) is 2. The van der Waals surface area contributed by atoms with Crippen LogP contribution in [-0.2, 0) is 42.6 Å². The molecule has 2 fully saturated rings. The summed E-state index contributed by atoms with van der Waals surface area (Å²) in [6, 6.07) is 15.2. The van der Waals surface area contributed by atoms with E-state index in [1.54, 1.807) is 101 Å². The molecule has 3 aromatic carbocycles. The SMILES string of the molecule is COCOc1cc(N)cc2c1C(=O)O[C@@H](C)[C@H](C)/C=C\C(OC(=O)c1ccccc1)C1OC(C)(C)O[C@H]1C/C=C/2.[B]C(=O)N(C)c1cc2c(c(OCOC)c1)C(=O)O[C@@H](C)[C@H](C)/C=C\C(O)C1OC(C)(C)O[C@H]1C/C=C/2. The van der Waals surface area contributed by atoms with Crippen molar-refractivity contribution in [2.75, 3.05) is 45.5 Å². The van der Waals surface area contributed by atoms with Crippen molar-refractivity contribution in [3.63, 3.8) is 0 Å². The van der Waals surface area contributed by atoms with Gasteiger partial charge >= 0.3 is 17.9 Å². The molecule has 19 heteroatoms. The van der Waals surface area contributed by atoms with Crippen LogP contribution in [0.15, 0.2) is 91.1 Å². The van der Waals surface area contributed by atoms with Crippen LogP contribution in [0.1, 0.15) is 110 Å². The summed E-state index contributed by atoms with van der Waals surface area (Å²) < 4.78 is 63.6. The van der Waals surface area contributed by atoms with Crippen LogP contribution in [0.2, 0.25) is 0 Å². The summed E-state index contributed by atoms with van der Waals surface area (Å²) >= 11 is 0. The van der Waals surface area contributed by atoms with E-state index in [1.165, 1.54) is 32.2 Å². The van der Waals surface area contributed by atoms with Crippen LogP contribution in [-0.4, -0.2) is 132 Å². The van der Waals surface area contributed by atoms with Crippen molar-refractivity contribution >= 4 is 55.1 Å². The minimum Gasteiger partial charge on any atom is -0.467 e. The van der Waals surface area contributed by atoms with Gasteiger partial charge in [-0.25, -0.2) is 14.4 Å². The van der Waals surface area contributed by atoms with E-state index in [4.69, 9.17) is 65.7 Å². The molecule has 0 aromatic heterocycles. The lowest BCUT2D eigenvalue weighted by Gasteiger charge is -2.25. The Labute approximate surface area is 446 Å². The molecule has 4 heterocycles. The summed E-state index contributed by atoms with van der Waals surface area (Å²) in [5.41, 5.74) is 8.83. The Bertz CT molecular complexity index is 2630. The van der Waals surface area contributed by atoms with Crippen molar-refractivity contribution in [2.45, 2.75) is 129 Å². The van der Waals surface area contributed by atoms with Gasteiger partial charge in [0.05, 0.1) is 17.8 Å². The Morgan fingerprint density at radius 3 is 1.75 bits per heavy atom. The molecule has 2 radical (unpaired) electrons. The van der Waals surface area contributed by atoms with Gasteiger partial charge in [0, 0.05) is 56.6 Å². The molecule has 7 rings (SSSR count). The smallest absolute Gasteiger partial charge is 0.342 e. The Morgan fingerprint density at radius 2 is 1.21 bits per heavy atom. The van der Waals surface area contributed by atoms with E-state index < -0.39 is 84.1 Å². The maximum absolute atomic E-state index is 13.4. The third-order valence-corrected chi connectivity index (χ3v) is 13.0. The fourth-order valence-corrected chi connectivity index (χ4v) is 8.74.